The van der Waals surface area contributed by atoms with E-state index in [4.69, 9.17) is 5.73 Å². The highest BCUT2D eigenvalue weighted by Gasteiger charge is 2.28. The first-order valence-electron chi connectivity index (χ1n) is 7.31. The molecule has 3 N–H and O–H groups in total. The van der Waals surface area contributed by atoms with E-state index in [1.165, 1.54) is 12.8 Å². The number of hydrogen-bond acceptors (Lipinski definition) is 3. The lowest BCUT2D eigenvalue weighted by Gasteiger charge is -2.19. The smallest absolute Gasteiger partial charge is 0.253 e. The molecular formula is C17H20N2OS. The summed E-state index contributed by atoms with van der Waals surface area (Å²) in [7, 11) is 0. The Hall–Kier alpha value is -1.68. The van der Waals surface area contributed by atoms with Crippen LogP contribution in [0.5, 0.6) is 0 Å². The molecule has 0 saturated heterocycles. The zero-order chi connectivity index (χ0) is 14.8. The van der Waals surface area contributed by atoms with Crippen LogP contribution >= 0.6 is 11.8 Å². The first-order chi connectivity index (χ1) is 10.2. The van der Waals surface area contributed by atoms with Crippen molar-refractivity contribution in [2.75, 3.05) is 12.0 Å². The molecule has 1 saturated carbocycles. The number of rotatable bonds is 3. The van der Waals surface area contributed by atoms with Crippen LogP contribution in [0.25, 0.3) is 10.8 Å². The van der Waals surface area contributed by atoms with E-state index in [0.29, 0.717) is 16.5 Å². The molecule has 2 aromatic rings. The molecule has 0 aromatic heterocycles. The van der Waals surface area contributed by atoms with Gasteiger partial charge in [0.25, 0.3) is 5.91 Å². The Morgan fingerprint density at radius 2 is 1.95 bits per heavy atom. The Balaban J connectivity index is 1.85. The number of amides is 1. The van der Waals surface area contributed by atoms with Gasteiger partial charge in [-0.3, -0.25) is 4.79 Å². The van der Waals surface area contributed by atoms with Gasteiger partial charge in [-0.2, -0.15) is 11.8 Å². The summed E-state index contributed by atoms with van der Waals surface area (Å²) in [6.07, 6.45) is 5.53. The molecule has 2 aromatic carbocycles. The minimum Gasteiger partial charge on any atom is -0.398 e. The molecule has 110 valence electrons. The molecule has 2 atom stereocenters. The van der Waals surface area contributed by atoms with Gasteiger partial charge in [0.05, 0.1) is 5.56 Å². The normalized spacial score (nSPS) is 21.6. The van der Waals surface area contributed by atoms with Crippen LogP contribution in [0.3, 0.4) is 0 Å². The van der Waals surface area contributed by atoms with Gasteiger partial charge in [-0.15, -0.1) is 0 Å². The number of hydrogen-bond donors (Lipinski definition) is 2. The number of nitrogen functional groups attached to an aromatic ring is 1. The third-order valence-electron chi connectivity index (χ3n) is 4.23. The maximum Gasteiger partial charge on any atom is 0.253 e. The third kappa shape index (κ3) is 2.86. The van der Waals surface area contributed by atoms with Crippen molar-refractivity contribution in [2.24, 2.45) is 0 Å². The number of anilines is 1. The summed E-state index contributed by atoms with van der Waals surface area (Å²) in [5.41, 5.74) is 7.19. The molecular weight excluding hydrogens is 280 g/mol. The molecule has 1 amide bonds. The van der Waals surface area contributed by atoms with Crippen molar-refractivity contribution in [1.29, 1.82) is 0 Å². The number of carbonyl (C=O) groups is 1. The lowest BCUT2D eigenvalue weighted by molar-refractivity contribution is 0.0939. The summed E-state index contributed by atoms with van der Waals surface area (Å²) in [4.78, 5) is 12.5. The average molecular weight is 300 g/mol. The van der Waals surface area contributed by atoms with Gasteiger partial charge in [0, 0.05) is 17.0 Å². The van der Waals surface area contributed by atoms with E-state index >= 15 is 0 Å². The number of nitrogens with one attached hydrogen (secondary N) is 1. The van der Waals surface area contributed by atoms with Crippen LogP contribution in [-0.4, -0.2) is 23.5 Å². The van der Waals surface area contributed by atoms with Crippen LogP contribution in [0.1, 0.15) is 29.6 Å². The van der Waals surface area contributed by atoms with E-state index < -0.39 is 0 Å². The van der Waals surface area contributed by atoms with Crippen molar-refractivity contribution < 1.29 is 4.79 Å². The molecule has 1 fully saturated rings. The highest BCUT2D eigenvalue weighted by molar-refractivity contribution is 7.99. The van der Waals surface area contributed by atoms with Gasteiger partial charge in [-0.25, -0.2) is 0 Å². The Morgan fingerprint density at radius 3 is 2.67 bits per heavy atom. The van der Waals surface area contributed by atoms with Crippen molar-refractivity contribution in [1.82, 2.24) is 5.32 Å². The molecule has 0 radical (unpaired) electrons. The maximum absolute atomic E-state index is 12.5. The van der Waals surface area contributed by atoms with Gasteiger partial charge < -0.3 is 11.1 Å². The molecule has 1 aliphatic carbocycles. The van der Waals surface area contributed by atoms with E-state index in [2.05, 4.69) is 11.6 Å². The predicted octanol–water partition coefficient (Wildman–Crippen LogP) is 3.44. The van der Waals surface area contributed by atoms with E-state index in [0.717, 1.165) is 17.2 Å². The van der Waals surface area contributed by atoms with Gasteiger partial charge >= 0.3 is 0 Å². The molecule has 0 bridgehead atoms. The predicted molar refractivity (Wildman–Crippen MR) is 90.8 cm³/mol. The van der Waals surface area contributed by atoms with Gasteiger partial charge in [0.15, 0.2) is 0 Å². The fourth-order valence-corrected chi connectivity index (χ4v) is 4.01. The number of fused-ring (bicyclic) bond motifs is 1. The van der Waals surface area contributed by atoms with E-state index in [-0.39, 0.29) is 11.9 Å². The minimum absolute atomic E-state index is 0.0517. The zero-order valence-corrected chi connectivity index (χ0v) is 13.0. The van der Waals surface area contributed by atoms with Gasteiger partial charge in [-0.05, 0) is 42.0 Å². The standard InChI is InChI=1S/C17H20N2OS/c1-21-16-8-4-7-15(16)19-17(20)13-9-11-5-2-3-6-12(11)10-14(13)18/h2-3,5-6,9-10,15-16H,4,7-8,18H2,1H3,(H,19,20). The molecule has 0 heterocycles. The quantitative estimate of drug-likeness (QED) is 0.854. The van der Waals surface area contributed by atoms with Crippen LogP contribution in [0.4, 0.5) is 5.69 Å². The summed E-state index contributed by atoms with van der Waals surface area (Å²) in [5.74, 6) is -0.0517. The largest absolute Gasteiger partial charge is 0.398 e. The Labute approximate surface area is 129 Å². The Bertz CT molecular complexity index is 671. The fourth-order valence-electron chi connectivity index (χ4n) is 3.07. The fraction of sp³-hybridized carbons (Fsp3) is 0.353. The van der Waals surface area contributed by atoms with Gasteiger partial charge in [0.1, 0.15) is 0 Å². The second-order valence-electron chi connectivity index (χ2n) is 5.57. The van der Waals surface area contributed by atoms with Crippen LogP contribution in [0, 0.1) is 0 Å². The van der Waals surface area contributed by atoms with Crippen LogP contribution < -0.4 is 11.1 Å². The van der Waals surface area contributed by atoms with E-state index in [1.54, 1.807) is 0 Å². The van der Waals surface area contributed by atoms with Crippen molar-refractivity contribution >= 4 is 34.1 Å². The number of nitrogens with two attached hydrogens (primary N) is 1. The number of carbonyl (C=O) groups excluding carboxylic acids is 1. The maximum atomic E-state index is 12.5. The van der Waals surface area contributed by atoms with Gasteiger partial charge in [0.2, 0.25) is 0 Å². The second kappa shape index (κ2) is 5.98. The first kappa shape index (κ1) is 14.3. The zero-order valence-electron chi connectivity index (χ0n) is 12.1. The van der Waals surface area contributed by atoms with Crippen LogP contribution in [-0.2, 0) is 0 Å². The van der Waals surface area contributed by atoms with Gasteiger partial charge in [-0.1, -0.05) is 30.7 Å². The highest BCUT2D eigenvalue weighted by Crippen LogP contribution is 2.29. The van der Waals surface area contributed by atoms with Crippen molar-refractivity contribution in [3.63, 3.8) is 0 Å². The monoisotopic (exact) mass is 300 g/mol. The third-order valence-corrected chi connectivity index (χ3v) is 5.40. The minimum atomic E-state index is -0.0517. The second-order valence-corrected chi connectivity index (χ2v) is 6.65. The number of thioether (sulfide) groups is 1. The topological polar surface area (TPSA) is 55.1 Å². The Morgan fingerprint density at radius 1 is 1.24 bits per heavy atom. The first-order valence-corrected chi connectivity index (χ1v) is 8.60. The van der Waals surface area contributed by atoms with Crippen LogP contribution in [0.2, 0.25) is 0 Å². The van der Waals surface area contributed by atoms with Crippen molar-refractivity contribution in [3.05, 3.63) is 42.0 Å². The van der Waals surface area contributed by atoms with Crippen molar-refractivity contribution in [2.45, 2.75) is 30.6 Å². The molecule has 2 unspecified atom stereocenters. The SMILES string of the molecule is CSC1CCCC1NC(=O)c1cc2ccccc2cc1N. The summed E-state index contributed by atoms with van der Waals surface area (Å²) in [6.45, 7) is 0. The summed E-state index contributed by atoms with van der Waals surface area (Å²) >= 11 is 1.84. The molecule has 0 spiro atoms. The number of benzene rings is 2. The summed E-state index contributed by atoms with van der Waals surface area (Å²) < 4.78 is 0. The van der Waals surface area contributed by atoms with Crippen molar-refractivity contribution in [3.8, 4) is 0 Å². The van der Waals surface area contributed by atoms with E-state index in [9.17, 15) is 4.79 Å². The molecule has 0 aliphatic heterocycles. The molecule has 3 nitrogen and oxygen atoms in total. The molecule has 21 heavy (non-hydrogen) atoms. The highest BCUT2D eigenvalue weighted by atomic mass is 32.2. The summed E-state index contributed by atoms with van der Waals surface area (Å²) in [6, 6.07) is 12.0. The average Bonchev–Trinajstić information content (AvgIpc) is 2.93. The molecule has 4 heteroatoms. The lowest BCUT2D eigenvalue weighted by atomic mass is 10.0. The lowest BCUT2D eigenvalue weighted by Crippen LogP contribution is -2.38. The molecule has 1 aliphatic rings. The van der Waals surface area contributed by atoms with Crippen LogP contribution in [0.15, 0.2) is 36.4 Å². The van der Waals surface area contributed by atoms with E-state index in [1.807, 2.05) is 48.2 Å². The summed E-state index contributed by atoms with van der Waals surface area (Å²) in [5, 5.41) is 5.80. The Kier molecular flexibility index (Phi) is 4.06. The molecule has 3 rings (SSSR count).